The van der Waals surface area contributed by atoms with Gasteiger partial charge in [-0.1, -0.05) is 18.0 Å². The molecule has 1 fully saturated rings. The summed E-state index contributed by atoms with van der Waals surface area (Å²) in [4.78, 5) is 33.5. The molecule has 2 aliphatic rings. The highest BCUT2D eigenvalue weighted by molar-refractivity contribution is 6.45. The smallest absolute Gasteiger partial charge is 0.276 e. The molecule has 0 unspecified atom stereocenters. The first-order valence-corrected chi connectivity index (χ1v) is 9.18. The van der Waals surface area contributed by atoms with Crippen LogP contribution in [0.4, 0.5) is 5.69 Å². The molecule has 8 nitrogen and oxygen atoms in total. The second-order valence-corrected chi connectivity index (χ2v) is 7.21. The molecular weight excluding hydrogens is 368 g/mol. The monoisotopic (exact) mass is 390 g/mol. The summed E-state index contributed by atoms with van der Waals surface area (Å²) in [5, 5.41) is 6.05. The van der Waals surface area contributed by atoms with Gasteiger partial charge in [0.25, 0.3) is 11.5 Å². The van der Waals surface area contributed by atoms with E-state index in [4.69, 9.17) is 17.3 Å². The van der Waals surface area contributed by atoms with E-state index in [1.807, 2.05) is 0 Å². The summed E-state index contributed by atoms with van der Waals surface area (Å²) in [6.07, 6.45) is 4.48. The van der Waals surface area contributed by atoms with E-state index >= 15 is 0 Å². The lowest BCUT2D eigenvalue weighted by Gasteiger charge is -2.35. The Hall–Kier alpha value is -2.61. The molecule has 0 saturated heterocycles. The number of hydrogen-bond donors (Lipinski definition) is 3. The van der Waals surface area contributed by atoms with Gasteiger partial charge in [-0.15, -0.1) is 0 Å². The topological polar surface area (TPSA) is 114 Å². The number of pyridine rings is 1. The van der Waals surface area contributed by atoms with Gasteiger partial charge in [-0.05, 0) is 51.0 Å². The summed E-state index contributed by atoms with van der Waals surface area (Å²) >= 11 is 6.17. The van der Waals surface area contributed by atoms with Crippen molar-refractivity contribution in [1.29, 1.82) is 0 Å². The van der Waals surface area contributed by atoms with Crippen LogP contribution in [-0.4, -0.2) is 30.1 Å². The molecule has 1 aromatic heterocycles. The molecule has 1 aromatic rings. The molecule has 2 heterocycles. The van der Waals surface area contributed by atoms with Crippen LogP contribution in [0, 0.1) is 6.92 Å². The van der Waals surface area contributed by atoms with E-state index < -0.39 is 5.66 Å². The zero-order chi connectivity index (χ0) is 19.8. The third-order valence-corrected chi connectivity index (χ3v) is 5.51. The second-order valence-electron chi connectivity index (χ2n) is 6.83. The average molecular weight is 391 g/mol. The van der Waals surface area contributed by atoms with Crippen molar-refractivity contribution in [3.63, 3.8) is 0 Å². The van der Waals surface area contributed by atoms with Gasteiger partial charge in [0.2, 0.25) is 0 Å². The van der Waals surface area contributed by atoms with Gasteiger partial charge in [-0.3, -0.25) is 19.1 Å². The van der Waals surface area contributed by atoms with Gasteiger partial charge >= 0.3 is 0 Å². The Kier molecular flexibility index (Phi) is 5.10. The molecule has 1 aliphatic carbocycles. The van der Waals surface area contributed by atoms with Gasteiger partial charge in [0.15, 0.2) is 0 Å². The van der Waals surface area contributed by atoms with E-state index in [2.05, 4.69) is 27.3 Å². The normalized spacial score (nSPS) is 19.4. The predicted octanol–water partition coefficient (Wildman–Crippen LogP) is 2.02. The minimum Gasteiger partial charge on any atom is -0.382 e. The fraction of sp³-hybridized carbons (Fsp3) is 0.444. The lowest BCUT2D eigenvalue weighted by atomic mass is 9.89. The fourth-order valence-electron chi connectivity index (χ4n) is 3.86. The molecule has 1 saturated carbocycles. The zero-order valence-corrected chi connectivity index (χ0v) is 16.2. The number of aromatic nitrogens is 1. The van der Waals surface area contributed by atoms with Crippen molar-refractivity contribution in [1.82, 2.24) is 9.88 Å². The van der Waals surface area contributed by atoms with Crippen LogP contribution in [0.1, 0.15) is 48.2 Å². The Labute approximate surface area is 162 Å². The number of amidine groups is 1. The number of nitrogens with one attached hydrogen (secondary N) is 2. The molecule has 1 aliphatic heterocycles. The molecule has 0 atom stereocenters. The number of carbonyl (C=O) groups excluding carboxylic acids is 1. The molecule has 0 aromatic carbocycles. The summed E-state index contributed by atoms with van der Waals surface area (Å²) in [6.45, 7) is 5.14. The van der Waals surface area contributed by atoms with Crippen LogP contribution < -0.4 is 21.9 Å². The number of aryl methyl sites for hydroxylation is 1. The zero-order valence-electron chi connectivity index (χ0n) is 15.4. The van der Waals surface area contributed by atoms with E-state index in [1.165, 1.54) is 7.05 Å². The first-order valence-electron chi connectivity index (χ1n) is 8.80. The van der Waals surface area contributed by atoms with Crippen molar-refractivity contribution in [3.05, 3.63) is 38.5 Å². The lowest BCUT2D eigenvalue weighted by molar-refractivity contribution is 0.0876. The minimum atomic E-state index is -0.658. The van der Waals surface area contributed by atoms with Crippen molar-refractivity contribution >= 4 is 35.7 Å². The van der Waals surface area contributed by atoms with Gasteiger partial charge in [-0.25, -0.2) is 4.99 Å². The molecule has 0 bridgehead atoms. The number of aliphatic imine (C=N–C) groups is 2. The Morgan fingerprint density at radius 3 is 2.63 bits per heavy atom. The number of rotatable bonds is 3. The van der Waals surface area contributed by atoms with Crippen LogP contribution in [-0.2, 0) is 5.66 Å². The minimum absolute atomic E-state index is 0.00310. The molecular formula is C18H23ClN6O2. The molecule has 1 spiro atoms. The number of nitrogens with zero attached hydrogens (tertiary/aromatic N) is 3. The van der Waals surface area contributed by atoms with Gasteiger partial charge in [0.1, 0.15) is 33.7 Å². The Morgan fingerprint density at radius 2 is 2.04 bits per heavy atom. The maximum absolute atomic E-state index is 13.3. The number of carbonyl (C=O) groups is 1. The SMILES string of the molecule is C=N/C(N)=C(Cl)\C(=N/C)Nc1cc(C)c2n(c1=O)C1(CCCCC1)NC2=O. The number of nitrogens with two attached hydrogens (primary N) is 1. The highest BCUT2D eigenvalue weighted by Gasteiger charge is 2.45. The van der Waals surface area contributed by atoms with Crippen LogP contribution in [0.3, 0.4) is 0 Å². The standard InChI is InChI=1S/C18H23ClN6O2/c1-10-9-11(23-15(22-3)12(19)14(20)21-2)17(27)25-13(10)16(26)24-18(25)7-5-4-6-8-18/h9H,2,4-8,20H2,1,3H3,(H,22,23)(H,24,26)/b14-12+. The van der Waals surface area contributed by atoms with Crippen molar-refractivity contribution in [2.75, 3.05) is 12.4 Å². The molecule has 9 heteroatoms. The quantitative estimate of drug-likeness (QED) is 0.541. The van der Waals surface area contributed by atoms with Crippen molar-refractivity contribution in [3.8, 4) is 0 Å². The second kappa shape index (κ2) is 7.19. The first kappa shape index (κ1) is 19.2. The van der Waals surface area contributed by atoms with Crippen LogP contribution in [0.2, 0.25) is 0 Å². The molecule has 0 radical (unpaired) electrons. The highest BCUT2D eigenvalue weighted by atomic mass is 35.5. The maximum Gasteiger partial charge on any atom is 0.276 e. The summed E-state index contributed by atoms with van der Waals surface area (Å²) < 4.78 is 1.60. The van der Waals surface area contributed by atoms with Crippen LogP contribution in [0.15, 0.2) is 31.7 Å². The third kappa shape index (κ3) is 3.14. The Bertz CT molecular complexity index is 925. The average Bonchev–Trinajstić information content (AvgIpc) is 2.94. The van der Waals surface area contributed by atoms with E-state index in [0.717, 1.165) is 32.1 Å². The fourth-order valence-corrected chi connectivity index (χ4v) is 4.05. The van der Waals surface area contributed by atoms with E-state index in [1.54, 1.807) is 17.6 Å². The van der Waals surface area contributed by atoms with Gasteiger partial charge in [-0.2, -0.15) is 0 Å². The van der Waals surface area contributed by atoms with Crippen LogP contribution in [0.5, 0.6) is 0 Å². The van der Waals surface area contributed by atoms with Gasteiger partial charge < -0.3 is 16.4 Å². The number of hydrogen-bond acceptors (Lipinski definition) is 5. The third-order valence-electron chi connectivity index (χ3n) is 5.14. The van der Waals surface area contributed by atoms with E-state index in [0.29, 0.717) is 11.3 Å². The van der Waals surface area contributed by atoms with Crippen molar-refractivity contribution in [2.24, 2.45) is 15.7 Å². The maximum atomic E-state index is 13.3. The highest BCUT2D eigenvalue weighted by Crippen LogP contribution is 2.37. The molecule has 1 amide bonds. The largest absolute Gasteiger partial charge is 0.382 e. The number of amides is 1. The molecule has 4 N–H and O–H groups in total. The van der Waals surface area contributed by atoms with Crippen molar-refractivity contribution < 1.29 is 4.79 Å². The molecule has 144 valence electrons. The number of anilines is 1. The Morgan fingerprint density at radius 1 is 1.37 bits per heavy atom. The summed E-state index contributed by atoms with van der Waals surface area (Å²) in [5.74, 6) is -0.00241. The van der Waals surface area contributed by atoms with Crippen molar-refractivity contribution in [2.45, 2.75) is 44.7 Å². The summed E-state index contributed by atoms with van der Waals surface area (Å²) in [7, 11) is 1.52. The van der Waals surface area contributed by atoms with E-state index in [9.17, 15) is 9.59 Å². The van der Waals surface area contributed by atoms with Crippen LogP contribution in [0.25, 0.3) is 0 Å². The van der Waals surface area contributed by atoms with Gasteiger partial charge in [0, 0.05) is 7.05 Å². The van der Waals surface area contributed by atoms with Gasteiger partial charge in [0.05, 0.1) is 0 Å². The number of halogens is 1. The number of fused-ring (bicyclic) bond motifs is 2. The lowest BCUT2D eigenvalue weighted by Crippen LogP contribution is -2.49. The molecule has 27 heavy (non-hydrogen) atoms. The summed E-state index contributed by atoms with van der Waals surface area (Å²) in [5.41, 5.74) is 6.12. The Balaban J connectivity index is 2.12. The first-order chi connectivity index (χ1) is 12.8. The molecule has 3 rings (SSSR count). The summed E-state index contributed by atoms with van der Waals surface area (Å²) in [6, 6.07) is 1.63. The van der Waals surface area contributed by atoms with E-state index in [-0.39, 0.29) is 33.8 Å². The van der Waals surface area contributed by atoms with Crippen LogP contribution >= 0.6 is 11.6 Å². The predicted molar refractivity (Wildman–Crippen MR) is 108 cm³/mol.